The SMILES string of the molecule is CC(C)(C)c1nc(CNCCCc2ncc[nH]2)cs1. The molecule has 0 amide bonds. The smallest absolute Gasteiger partial charge is 0.106 e. The Morgan fingerprint density at radius 1 is 1.37 bits per heavy atom. The summed E-state index contributed by atoms with van der Waals surface area (Å²) in [6.45, 7) is 8.44. The van der Waals surface area contributed by atoms with Crippen LogP contribution in [0.25, 0.3) is 0 Å². The molecule has 2 aromatic rings. The first-order valence-electron chi connectivity index (χ1n) is 6.69. The molecule has 0 aromatic carbocycles. The average Bonchev–Trinajstić information content (AvgIpc) is 2.97. The van der Waals surface area contributed by atoms with E-state index in [0.717, 1.165) is 37.4 Å². The third kappa shape index (κ3) is 4.44. The first kappa shape index (κ1) is 14.2. The van der Waals surface area contributed by atoms with Gasteiger partial charge in [-0.25, -0.2) is 9.97 Å². The van der Waals surface area contributed by atoms with E-state index >= 15 is 0 Å². The molecule has 2 aromatic heterocycles. The fourth-order valence-electron chi connectivity index (χ4n) is 1.76. The molecular weight excluding hydrogens is 256 g/mol. The molecule has 0 spiro atoms. The first-order chi connectivity index (χ1) is 9.05. The second kappa shape index (κ2) is 6.30. The van der Waals surface area contributed by atoms with Gasteiger partial charge in [-0.05, 0) is 13.0 Å². The van der Waals surface area contributed by atoms with E-state index in [-0.39, 0.29) is 5.41 Å². The van der Waals surface area contributed by atoms with Crippen LogP contribution < -0.4 is 5.32 Å². The summed E-state index contributed by atoms with van der Waals surface area (Å²) in [5.74, 6) is 1.06. The zero-order chi connectivity index (χ0) is 13.7. The molecule has 0 atom stereocenters. The maximum Gasteiger partial charge on any atom is 0.106 e. The van der Waals surface area contributed by atoms with Crippen molar-refractivity contribution in [3.05, 3.63) is 34.3 Å². The van der Waals surface area contributed by atoms with Crippen LogP contribution in [0.1, 0.15) is 43.7 Å². The number of aromatic nitrogens is 3. The summed E-state index contributed by atoms with van der Waals surface area (Å²) in [6, 6.07) is 0. The van der Waals surface area contributed by atoms with Gasteiger partial charge in [-0.2, -0.15) is 0 Å². The van der Waals surface area contributed by atoms with Crippen LogP contribution in [0.15, 0.2) is 17.8 Å². The molecule has 5 heteroatoms. The van der Waals surface area contributed by atoms with Crippen LogP contribution in [0.2, 0.25) is 0 Å². The van der Waals surface area contributed by atoms with E-state index in [2.05, 4.69) is 46.4 Å². The van der Waals surface area contributed by atoms with Crippen molar-refractivity contribution in [2.24, 2.45) is 0 Å². The van der Waals surface area contributed by atoms with Gasteiger partial charge in [-0.15, -0.1) is 11.3 Å². The molecule has 2 rings (SSSR count). The predicted molar refractivity (Wildman–Crippen MR) is 79.4 cm³/mol. The Labute approximate surface area is 118 Å². The van der Waals surface area contributed by atoms with E-state index < -0.39 is 0 Å². The molecule has 2 heterocycles. The molecule has 19 heavy (non-hydrogen) atoms. The van der Waals surface area contributed by atoms with E-state index in [4.69, 9.17) is 0 Å². The van der Waals surface area contributed by atoms with Crippen molar-refractivity contribution in [2.45, 2.75) is 45.6 Å². The lowest BCUT2D eigenvalue weighted by Crippen LogP contribution is -2.16. The molecule has 0 radical (unpaired) electrons. The van der Waals surface area contributed by atoms with Gasteiger partial charge in [0.15, 0.2) is 0 Å². The Morgan fingerprint density at radius 3 is 2.84 bits per heavy atom. The van der Waals surface area contributed by atoms with Crippen LogP contribution in [0.5, 0.6) is 0 Å². The number of aryl methyl sites for hydroxylation is 1. The molecule has 4 nitrogen and oxygen atoms in total. The molecule has 2 N–H and O–H groups in total. The lowest BCUT2D eigenvalue weighted by Gasteiger charge is -2.13. The van der Waals surface area contributed by atoms with Crippen molar-refractivity contribution in [1.29, 1.82) is 0 Å². The lowest BCUT2D eigenvalue weighted by molar-refractivity contribution is 0.577. The quantitative estimate of drug-likeness (QED) is 0.799. The fraction of sp³-hybridized carbons (Fsp3) is 0.571. The van der Waals surface area contributed by atoms with Gasteiger partial charge in [0.05, 0.1) is 10.7 Å². The van der Waals surface area contributed by atoms with Gasteiger partial charge in [0.1, 0.15) is 5.82 Å². The van der Waals surface area contributed by atoms with E-state index in [0.29, 0.717) is 0 Å². The fourth-order valence-corrected chi connectivity index (χ4v) is 2.67. The molecule has 0 saturated carbocycles. The minimum Gasteiger partial charge on any atom is -0.349 e. The minimum atomic E-state index is 0.155. The van der Waals surface area contributed by atoms with E-state index in [9.17, 15) is 0 Å². The monoisotopic (exact) mass is 278 g/mol. The Balaban J connectivity index is 1.67. The highest BCUT2D eigenvalue weighted by Crippen LogP contribution is 2.25. The van der Waals surface area contributed by atoms with Gasteiger partial charge in [-0.3, -0.25) is 0 Å². The summed E-state index contributed by atoms with van der Waals surface area (Å²) in [5.41, 5.74) is 1.30. The largest absolute Gasteiger partial charge is 0.349 e. The second-order valence-corrected chi connectivity index (χ2v) is 6.57. The van der Waals surface area contributed by atoms with Crippen LogP contribution in [-0.4, -0.2) is 21.5 Å². The van der Waals surface area contributed by atoms with Crippen LogP contribution in [0.3, 0.4) is 0 Å². The molecule has 104 valence electrons. The number of imidazole rings is 1. The van der Waals surface area contributed by atoms with Crippen LogP contribution in [0, 0.1) is 0 Å². The van der Waals surface area contributed by atoms with Crippen molar-refractivity contribution in [3.8, 4) is 0 Å². The lowest BCUT2D eigenvalue weighted by atomic mass is 9.98. The summed E-state index contributed by atoms with van der Waals surface area (Å²) >= 11 is 1.75. The zero-order valence-electron chi connectivity index (χ0n) is 11.9. The average molecular weight is 278 g/mol. The third-order valence-corrected chi connectivity index (χ3v) is 4.14. The summed E-state index contributed by atoms with van der Waals surface area (Å²) in [4.78, 5) is 12.0. The number of nitrogens with one attached hydrogen (secondary N) is 2. The van der Waals surface area contributed by atoms with Crippen LogP contribution >= 0.6 is 11.3 Å². The summed E-state index contributed by atoms with van der Waals surface area (Å²) < 4.78 is 0. The van der Waals surface area contributed by atoms with Crippen molar-refractivity contribution >= 4 is 11.3 Å². The van der Waals surface area contributed by atoms with E-state index in [1.54, 1.807) is 17.5 Å². The summed E-state index contributed by atoms with van der Waals surface area (Å²) in [5, 5.41) is 6.79. The maximum absolute atomic E-state index is 4.67. The molecule has 0 aliphatic carbocycles. The normalized spacial score (nSPS) is 11.9. The number of hydrogen-bond donors (Lipinski definition) is 2. The standard InChI is InChI=1S/C14H22N4S/c1-14(2,3)13-18-11(10-19-13)9-15-6-4-5-12-16-7-8-17-12/h7-8,10,15H,4-6,9H2,1-3H3,(H,16,17). The number of nitrogens with zero attached hydrogens (tertiary/aromatic N) is 2. The van der Waals surface area contributed by atoms with Crippen LogP contribution in [0.4, 0.5) is 0 Å². The Kier molecular flexibility index (Phi) is 4.71. The van der Waals surface area contributed by atoms with Crippen molar-refractivity contribution in [3.63, 3.8) is 0 Å². The highest BCUT2D eigenvalue weighted by molar-refractivity contribution is 7.09. The van der Waals surface area contributed by atoms with E-state index in [1.807, 2.05) is 6.20 Å². The Morgan fingerprint density at radius 2 is 2.21 bits per heavy atom. The van der Waals surface area contributed by atoms with Gasteiger partial charge in [-0.1, -0.05) is 20.8 Å². The number of rotatable bonds is 6. The molecular formula is C14H22N4S. The molecule has 0 fully saturated rings. The number of thiazole rings is 1. The second-order valence-electron chi connectivity index (χ2n) is 5.71. The van der Waals surface area contributed by atoms with E-state index in [1.165, 1.54) is 5.01 Å². The first-order valence-corrected chi connectivity index (χ1v) is 7.57. The van der Waals surface area contributed by atoms with Crippen molar-refractivity contribution < 1.29 is 0 Å². The van der Waals surface area contributed by atoms with Crippen molar-refractivity contribution in [2.75, 3.05) is 6.54 Å². The molecule has 0 aliphatic heterocycles. The molecule has 0 aliphatic rings. The van der Waals surface area contributed by atoms with Crippen molar-refractivity contribution in [1.82, 2.24) is 20.3 Å². The molecule has 0 bridgehead atoms. The predicted octanol–water partition coefficient (Wildman–Crippen LogP) is 2.89. The minimum absolute atomic E-state index is 0.155. The van der Waals surface area contributed by atoms with Gasteiger partial charge in [0.2, 0.25) is 0 Å². The highest BCUT2D eigenvalue weighted by atomic mass is 32.1. The highest BCUT2D eigenvalue weighted by Gasteiger charge is 2.17. The molecule has 0 saturated heterocycles. The topological polar surface area (TPSA) is 53.6 Å². The molecule has 0 unspecified atom stereocenters. The van der Waals surface area contributed by atoms with Gasteiger partial charge in [0, 0.05) is 36.2 Å². The van der Waals surface area contributed by atoms with Gasteiger partial charge >= 0.3 is 0 Å². The zero-order valence-corrected chi connectivity index (χ0v) is 12.7. The van der Waals surface area contributed by atoms with Gasteiger partial charge in [0.25, 0.3) is 0 Å². The summed E-state index contributed by atoms with van der Waals surface area (Å²) in [6.07, 6.45) is 5.74. The third-order valence-electron chi connectivity index (χ3n) is 2.82. The van der Waals surface area contributed by atoms with Gasteiger partial charge < -0.3 is 10.3 Å². The maximum atomic E-state index is 4.67. The Bertz CT molecular complexity index is 482. The number of H-pyrrole nitrogens is 1. The summed E-state index contributed by atoms with van der Waals surface area (Å²) in [7, 11) is 0. The Hall–Kier alpha value is -1.20. The number of hydrogen-bond acceptors (Lipinski definition) is 4. The van der Waals surface area contributed by atoms with Crippen LogP contribution in [-0.2, 0) is 18.4 Å². The number of aromatic amines is 1.